The molecule has 3 aromatic rings. The Morgan fingerprint density at radius 3 is 2.74 bits per heavy atom. The van der Waals surface area contributed by atoms with Crippen molar-refractivity contribution < 1.29 is 22.6 Å². The van der Waals surface area contributed by atoms with Crippen LogP contribution < -0.4 is 9.82 Å². The number of H-pyrrole nitrogens is 1. The van der Waals surface area contributed by atoms with Crippen LogP contribution in [-0.2, 0) is 21.2 Å². The number of hydrogen-bond donors (Lipinski definition) is 2. The Hall–Kier alpha value is -3.29. The molecule has 138 valence electrons. The Morgan fingerprint density at radius 2 is 2.15 bits per heavy atom. The van der Waals surface area contributed by atoms with Gasteiger partial charge in [0.1, 0.15) is 11.1 Å². The van der Waals surface area contributed by atoms with Gasteiger partial charge >= 0.3 is 11.8 Å². The maximum absolute atomic E-state index is 12.0. The molecule has 0 saturated heterocycles. The number of rotatable bonds is 6. The van der Waals surface area contributed by atoms with Crippen molar-refractivity contribution in [2.24, 2.45) is 5.14 Å². The van der Waals surface area contributed by atoms with Crippen LogP contribution in [0, 0.1) is 12.1 Å². The lowest BCUT2D eigenvalue weighted by Crippen LogP contribution is -2.38. The van der Waals surface area contributed by atoms with Gasteiger partial charge in [-0.1, -0.05) is 17.1 Å². The minimum atomic E-state index is -3.86. The summed E-state index contributed by atoms with van der Waals surface area (Å²) >= 11 is 0. The third-order valence-corrected chi connectivity index (χ3v) is 4.45. The molecule has 27 heavy (non-hydrogen) atoms. The molecule has 0 aliphatic heterocycles. The third kappa shape index (κ3) is 4.28. The molecule has 0 unspecified atom stereocenters. The van der Waals surface area contributed by atoms with E-state index in [9.17, 15) is 13.2 Å². The number of esters is 1. The first kappa shape index (κ1) is 18.5. The van der Waals surface area contributed by atoms with E-state index < -0.39 is 16.0 Å². The Kier molecular flexibility index (Phi) is 5.16. The molecule has 3 N–H and O–H groups in total. The van der Waals surface area contributed by atoms with Crippen LogP contribution >= 0.6 is 0 Å². The Morgan fingerprint density at radius 1 is 1.33 bits per heavy atom. The highest BCUT2D eigenvalue weighted by Gasteiger charge is 2.25. The van der Waals surface area contributed by atoms with Crippen LogP contribution in [0.2, 0.25) is 0 Å². The number of nitrogens with zero attached hydrogens (tertiary/aromatic N) is 3. The van der Waals surface area contributed by atoms with Crippen LogP contribution in [0.1, 0.15) is 28.9 Å². The molecule has 3 rings (SSSR count). The van der Waals surface area contributed by atoms with Gasteiger partial charge in [-0.15, -0.1) is 9.67 Å². The molecular formula is C17H16N5O4S+. The second-order valence-electron chi connectivity index (χ2n) is 5.46. The largest absolute Gasteiger partial charge is 0.459 e. The molecule has 2 aromatic heterocycles. The number of primary sulfonamides is 1. The van der Waals surface area contributed by atoms with E-state index in [-0.39, 0.29) is 17.3 Å². The van der Waals surface area contributed by atoms with Gasteiger partial charge in [-0.05, 0) is 36.8 Å². The molecule has 0 bridgehead atoms. The average Bonchev–Trinajstić information content (AvgIpc) is 3.06. The first-order valence-electron chi connectivity index (χ1n) is 7.92. The molecular weight excluding hydrogens is 370 g/mol. The van der Waals surface area contributed by atoms with Crippen LogP contribution in [0.4, 0.5) is 0 Å². The van der Waals surface area contributed by atoms with Crippen molar-refractivity contribution in [1.29, 1.82) is 0 Å². The van der Waals surface area contributed by atoms with Gasteiger partial charge in [0.15, 0.2) is 0 Å². The minimum absolute atomic E-state index is 0.00986. The van der Waals surface area contributed by atoms with Crippen molar-refractivity contribution >= 4 is 16.0 Å². The fourth-order valence-electron chi connectivity index (χ4n) is 2.32. The quantitative estimate of drug-likeness (QED) is 0.456. The number of aromatic amines is 1. The van der Waals surface area contributed by atoms with Crippen molar-refractivity contribution in [3.63, 3.8) is 0 Å². The van der Waals surface area contributed by atoms with Crippen LogP contribution in [0.5, 0.6) is 0 Å². The number of nitrogens with two attached hydrogens (primary N) is 1. The Balaban J connectivity index is 2.02. The molecule has 0 saturated carbocycles. The van der Waals surface area contributed by atoms with Crippen molar-refractivity contribution in [3.05, 3.63) is 65.9 Å². The maximum atomic E-state index is 12.0. The van der Waals surface area contributed by atoms with Crippen molar-refractivity contribution in [3.8, 4) is 5.82 Å². The molecule has 0 fully saturated rings. The number of hydrogen-bond acceptors (Lipinski definition) is 6. The summed E-state index contributed by atoms with van der Waals surface area (Å²) in [5.74, 6) is 0.225. The van der Waals surface area contributed by atoms with Gasteiger partial charge in [0.2, 0.25) is 10.0 Å². The van der Waals surface area contributed by atoms with Crippen molar-refractivity contribution in [2.45, 2.75) is 18.2 Å². The SMILES string of the molecule is CCOC(=O)c1nc(Cc2cc#ccc2)[n+](-c2ccc(S(N)(=O)=O)cn2)[nH]1. The van der Waals surface area contributed by atoms with Crippen LogP contribution in [0.25, 0.3) is 5.82 Å². The van der Waals surface area contributed by atoms with Crippen LogP contribution in [0.3, 0.4) is 0 Å². The lowest BCUT2D eigenvalue weighted by atomic mass is 10.2. The van der Waals surface area contributed by atoms with E-state index in [1.54, 1.807) is 19.1 Å². The molecule has 0 spiro atoms. The summed E-state index contributed by atoms with van der Waals surface area (Å²) in [5.41, 5.74) is 0.894. The highest BCUT2D eigenvalue weighted by Crippen LogP contribution is 2.08. The highest BCUT2D eigenvalue weighted by atomic mass is 32.2. The van der Waals surface area contributed by atoms with E-state index in [2.05, 4.69) is 27.2 Å². The van der Waals surface area contributed by atoms with Crippen molar-refractivity contribution in [1.82, 2.24) is 15.1 Å². The molecule has 0 atom stereocenters. The maximum Gasteiger partial charge on any atom is 0.394 e. The first-order valence-corrected chi connectivity index (χ1v) is 9.47. The van der Waals surface area contributed by atoms with Gasteiger partial charge in [-0.25, -0.2) is 23.4 Å². The number of aromatic nitrogens is 4. The van der Waals surface area contributed by atoms with Crippen molar-refractivity contribution in [2.75, 3.05) is 6.61 Å². The summed E-state index contributed by atoms with van der Waals surface area (Å²) < 4.78 is 29.2. The summed E-state index contributed by atoms with van der Waals surface area (Å²) in [6.45, 7) is 1.90. The predicted octanol–water partition coefficient (Wildman–Crippen LogP) is 0.0967. The Bertz CT molecular complexity index is 1050. The molecule has 2 heterocycles. The molecule has 0 amide bonds. The number of carbonyl (C=O) groups excluding carboxylic acids is 1. The number of carbonyl (C=O) groups is 1. The van der Waals surface area contributed by atoms with E-state index in [4.69, 9.17) is 9.88 Å². The molecule has 0 aliphatic carbocycles. The second-order valence-corrected chi connectivity index (χ2v) is 7.02. The molecule has 10 heteroatoms. The van der Waals surface area contributed by atoms with E-state index in [0.29, 0.717) is 18.1 Å². The second kappa shape index (κ2) is 7.53. The van der Waals surface area contributed by atoms with E-state index >= 15 is 0 Å². The lowest BCUT2D eigenvalue weighted by Gasteiger charge is -1.99. The summed E-state index contributed by atoms with van der Waals surface area (Å²) in [4.78, 5) is 20.3. The fourth-order valence-corrected chi connectivity index (χ4v) is 2.78. The fraction of sp³-hybridized carbons (Fsp3) is 0.176. The zero-order valence-corrected chi connectivity index (χ0v) is 15.2. The zero-order chi connectivity index (χ0) is 19.4. The smallest absolute Gasteiger partial charge is 0.394 e. The van der Waals surface area contributed by atoms with E-state index in [1.807, 2.05) is 6.07 Å². The van der Waals surface area contributed by atoms with Crippen LogP contribution in [-0.4, -0.2) is 36.1 Å². The predicted molar refractivity (Wildman–Crippen MR) is 92.2 cm³/mol. The lowest BCUT2D eigenvalue weighted by molar-refractivity contribution is -0.667. The van der Waals surface area contributed by atoms with Gasteiger partial charge in [0.05, 0.1) is 13.0 Å². The topological polar surface area (TPSA) is 132 Å². The first-order chi connectivity index (χ1) is 12.9. The van der Waals surface area contributed by atoms with E-state index in [0.717, 1.165) is 11.8 Å². The van der Waals surface area contributed by atoms with Gasteiger partial charge in [0.25, 0.3) is 11.6 Å². The summed E-state index contributed by atoms with van der Waals surface area (Å²) in [6, 6.07) is 13.8. The summed E-state index contributed by atoms with van der Waals surface area (Å²) in [5, 5.41) is 7.92. The third-order valence-electron chi connectivity index (χ3n) is 3.55. The van der Waals surface area contributed by atoms with E-state index in [1.165, 1.54) is 16.8 Å². The summed E-state index contributed by atoms with van der Waals surface area (Å²) in [7, 11) is -3.86. The van der Waals surface area contributed by atoms with Gasteiger partial charge in [0, 0.05) is 6.07 Å². The van der Waals surface area contributed by atoms with Crippen LogP contribution in [0.15, 0.2) is 41.4 Å². The average molecular weight is 386 g/mol. The number of pyridine rings is 1. The van der Waals surface area contributed by atoms with Gasteiger partial charge in [-0.2, -0.15) is 0 Å². The van der Waals surface area contributed by atoms with Gasteiger partial charge < -0.3 is 4.74 Å². The molecule has 9 nitrogen and oxygen atoms in total. The number of ether oxygens (including phenoxy) is 1. The number of sulfonamides is 1. The molecule has 0 radical (unpaired) electrons. The molecule has 1 aromatic carbocycles. The normalized spacial score (nSPS) is 11.0. The monoisotopic (exact) mass is 386 g/mol. The number of nitrogens with one attached hydrogen (secondary N) is 1. The standard InChI is InChI=1S/C17H15N5O4S/c1-2-26-17(23)16-20-15(10-12-6-4-3-5-7-12)22(21-16)14-9-8-13(11-19-14)27(18,24)25/h4,6-9,11H,2,10H2,1H3,(H2,18,24,25)/p+1. The zero-order valence-electron chi connectivity index (χ0n) is 14.3. The summed E-state index contributed by atoms with van der Waals surface area (Å²) in [6.07, 6.45) is 1.51. The van der Waals surface area contributed by atoms with Gasteiger partial charge in [-0.3, -0.25) is 0 Å². The highest BCUT2D eigenvalue weighted by molar-refractivity contribution is 7.89. The molecule has 0 aliphatic rings. The minimum Gasteiger partial charge on any atom is -0.459 e. The Labute approximate surface area is 155 Å².